The van der Waals surface area contributed by atoms with Gasteiger partial charge in [0.05, 0.1) is 18.8 Å². The van der Waals surface area contributed by atoms with Gasteiger partial charge in [-0.25, -0.2) is 14.5 Å². The fraction of sp³-hybridized carbons (Fsp3) is 0.333. The van der Waals surface area contributed by atoms with Crippen molar-refractivity contribution < 1.29 is 9.53 Å². The molecule has 3 aromatic rings. The number of anilines is 1. The van der Waals surface area contributed by atoms with Crippen LogP contribution in [0.2, 0.25) is 5.02 Å². The summed E-state index contributed by atoms with van der Waals surface area (Å²) in [7, 11) is 0. The molecule has 1 aromatic carbocycles. The monoisotopic (exact) mass is 458 g/mol. The third-order valence-corrected chi connectivity index (χ3v) is 5.66. The number of benzene rings is 1. The Hall–Kier alpha value is -2.75. The molecule has 0 radical (unpaired) electrons. The summed E-state index contributed by atoms with van der Waals surface area (Å²) in [6, 6.07) is 11.1. The Balaban J connectivity index is 1.35. The SMILES string of the molecule is CCOC(=O)c1ccc(N2CCN(Cn3[nH]c(-c4ccc(Cl)cc4)nc3=S)CC2)nc1. The van der Waals surface area contributed by atoms with Gasteiger partial charge in [-0.05, 0) is 55.5 Å². The number of carbonyl (C=O) groups is 1. The normalized spacial score (nSPS) is 14.6. The zero-order valence-electron chi connectivity index (χ0n) is 17.1. The minimum Gasteiger partial charge on any atom is -0.462 e. The Bertz CT molecular complexity index is 1090. The van der Waals surface area contributed by atoms with E-state index in [4.69, 9.17) is 28.6 Å². The van der Waals surface area contributed by atoms with E-state index in [2.05, 4.69) is 24.9 Å². The third-order valence-electron chi connectivity index (χ3n) is 5.09. The maximum atomic E-state index is 11.8. The number of aromatic amines is 1. The van der Waals surface area contributed by atoms with Crippen molar-refractivity contribution in [1.82, 2.24) is 24.6 Å². The van der Waals surface area contributed by atoms with Crippen LogP contribution in [0.15, 0.2) is 42.6 Å². The van der Waals surface area contributed by atoms with E-state index in [1.54, 1.807) is 19.2 Å². The predicted octanol–water partition coefficient (Wildman–Crippen LogP) is 3.61. The van der Waals surface area contributed by atoms with Crippen molar-refractivity contribution in [2.75, 3.05) is 37.7 Å². The maximum absolute atomic E-state index is 11.8. The zero-order valence-corrected chi connectivity index (χ0v) is 18.7. The van der Waals surface area contributed by atoms with Crippen LogP contribution in [-0.2, 0) is 11.4 Å². The van der Waals surface area contributed by atoms with Crippen LogP contribution in [0, 0.1) is 4.77 Å². The molecule has 0 saturated carbocycles. The molecule has 0 aliphatic carbocycles. The number of pyridine rings is 1. The topological polar surface area (TPSA) is 79.3 Å². The van der Waals surface area contributed by atoms with Gasteiger partial charge in [0.15, 0.2) is 5.82 Å². The molecule has 0 atom stereocenters. The first-order valence-corrected chi connectivity index (χ1v) is 10.9. The van der Waals surface area contributed by atoms with Crippen LogP contribution < -0.4 is 4.90 Å². The molecule has 8 nitrogen and oxygen atoms in total. The summed E-state index contributed by atoms with van der Waals surface area (Å²) < 4.78 is 7.40. The van der Waals surface area contributed by atoms with Crippen molar-refractivity contribution in [3.63, 3.8) is 0 Å². The molecule has 10 heteroatoms. The highest BCUT2D eigenvalue weighted by atomic mass is 35.5. The number of hydrogen-bond acceptors (Lipinski definition) is 7. The van der Waals surface area contributed by atoms with E-state index in [1.165, 1.54) is 0 Å². The fourth-order valence-electron chi connectivity index (χ4n) is 3.42. The van der Waals surface area contributed by atoms with Crippen molar-refractivity contribution in [2.45, 2.75) is 13.6 Å². The van der Waals surface area contributed by atoms with E-state index in [-0.39, 0.29) is 5.97 Å². The first-order valence-electron chi connectivity index (χ1n) is 10.1. The highest BCUT2D eigenvalue weighted by molar-refractivity contribution is 7.71. The Morgan fingerprint density at radius 3 is 2.55 bits per heavy atom. The number of hydrogen-bond donors (Lipinski definition) is 1. The Labute approximate surface area is 190 Å². The molecular weight excluding hydrogens is 436 g/mol. The van der Waals surface area contributed by atoms with Crippen LogP contribution in [0.25, 0.3) is 11.4 Å². The van der Waals surface area contributed by atoms with E-state index >= 15 is 0 Å². The number of H-pyrrole nitrogens is 1. The molecule has 1 aliphatic heterocycles. The maximum Gasteiger partial charge on any atom is 0.339 e. The molecule has 1 aliphatic rings. The minimum absolute atomic E-state index is 0.347. The molecule has 31 heavy (non-hydrogen) atoms. The number of ether oxygens (including phenoxy) is 1. The second-order valence-electron chi connectivity index (χ2n) is 7.16. The minimum atomic E-state index is -0.347. The standard InChI is InChI=1S/C21H23ClN6O2S/c1-2-30-20(29)16-5-8-18(23-13-16)27-11-9-26(10-12-27)14-28-21(31)24-19(25-28)15-3-6-17(22)7-4-15/h3-8,13H,2,9-12,14H2,1H3,(H,24,25,31). The molecule has 162 valence electrons. The summed E-state index contributed by atoms with van der Waals surface area (Å²) in [5, 5.41) is 3.97. The summed E-state index contributed by atoms with van der Waals surface area (Å²) in [6.45, 7) is 6.16. The molecule has 1 N–H and O–H groups in total. The molecule has 0 spiro atoms. The number of carbonyl (C=O) groups excluding carboxylic acids is 1. The number of aromatic nitrogens is 4. The van der Waals surface area contributed by atoms with Crippen LogP contribution in [0.4, 0.5) is 5.82 Å². The second kappa shape index (κ2) is 9.59. The number of nitrogens with zero attached hydrogens (tertiary/aromatic N) is 5. The van der Waals surface area contributed by atoms with Crippen LogP contribution in [0.3, 0.4) is 0 Å². The van der Waals surface area contributed by atoms with Crippen LogP contribution in [0.5, 0.6) is 0 Å². The first kappa shape index (κ1) is 21.5. The molecule has 0 bridgehead atoms. The number of esters is 1. The lowest BCUT2D eigenvalue weighted by Gasteiger charge is -2.35. The van der Waals surface area contributed by atoms with Gasteiger partial charge in [-0.2, -0.15) is 4.98 Å². The van der Waals surface area contributed by atoms with Gasteiger partial charge in [0, 0.05) is 43.0 Å². The van der Waals surface area contributed by atoms with Crippen molar-refractivity contribution in [3.05, 3.63) is 58.0 Å². The number of rotatable bonds is 6. The highest BCUT2D eigenvalue weighted by Gasteiger charge is 2.19. The molecule has 2 aromatic heterocycles. The number of nitrogens with one attached hydrogen (secondary N) is 1. The average Bonchev–Trinajstić information content (AvgIpc) is 3.15. The van der Waals surface area contributed by atoms with Crippen molar-refractivity contribution >= 4 is 35.6 Å². The lowest BCUT2D eigenvalue weighted by atomic mass is 10.2. The molecule has 4 rings (SSSR count). The van der Waals surface area contributed by atoms with E-state index < -0.39 is 0 Å². The lowest BCUT2D eigenvalue weighted by molar-refractivity contribution is 0.0526. The molecular formula is C21H23ClN6O2S. The Kier molecular flexibility index (Phi) is 6.64. The van der Waals surface area contributed by atoms with E-state index in [9.17, 15) is 4.79 Å². The van der Waals surface area contributed by atoms with Crippen LogP contribution in [0.1, 0.15) is 17.3 Å². The van der Waals surface area contributed by atoms with Gasteiger partial charge in [0.1, 0.15) is 5.82 Å². The summed E-state index contributed by atoms with van der Waals surface area (Å²) in [4.78, 5) is 25.2. The van der Waals surface area contributed by atoms with E-state index in [0.29, 0.717) is 28.6 Å². The molecule has 0 amide bonds. The molecule has 1 fully saturated rings. The Morgan fingerprint density at radius 1 is 1.16 bits per heavy atom. The van der Waals surface area contributed by atoms with Gasteiger partial charge in [0.25, 0.3) is 0 Å². The van der Waals surface area contributed by atoms with E-state index in [1.807, 2.05) is 35.0 Å². The highest BCUT2D eigenvalue weighted by Crippen LogP contribution is 2.19. The van der Waals surface area contributed by atoms with Gasteiger partial charge in [-0.1, -0.05) is 11.6 Å². The van der Waals surface area contributed by atoms with Crippen molar-refractivity contribution in [1.29, 1.82) is 0 Å². The first-order chi connectivity index (χ1) is 15.0. The van der Waals surface area contributed by atoms with E-state index in [0.717, 1.165) is 43.4 Å². The zero-order chi connectivity index (χ0) is 21.8. The van der Waals surface area contributed by atoms with Gasteiger partial charge in [-0.15, -0.1) is 0 Å². The van der Waals surface area contributed by atoms with Gasteiger partial charge >= 0.3 is 5.97 Å². The van der Waals surface area contributed by atoms with Crippen molar-refractivity contribution in [3.8, 4) is 11.4 Å². The molecule has 3 heterocycles. The summed E-state index contributed by atoms with van der Waals surface area (Å²) in [5.41, 5.74) is 1.41. The Morgan fingerprint density at radius 2 is 1.90 bits per heavy atom. The van der Waals surface area contributed by atoms with Gasteiger partial charge in [0.2, 0.25) is 4.77 Å². The third kappa shape index (κ3) is 5.12. The summed E-state index contributed by atoms with van der Waals surface area (Å²) in [6.07, 6.45) is 1.57. The number of piperazine rings is 1. The smallest absolute Gasteiger partial charge is 0.339 e. The van der Waals surface area contributed by atoms with Crippen molar-refractivity contribution in [2.24, 2.45) is 0 Å². The number of halogens is 1. The second-order valence-corrected chi connectivity index (χ2v) is 7.96. The predicted molar refractivity (Wildman–Crippen MR) is 122 cm³/mol. The summed E-state index contributed by atoms with van der Waals surface area (Å²) >= 11 is 11.4. The largest absolute Gasteiger partial charge is 0.462 e. The fourth-order valence-corrected chi connectivity index (χ4v) is 3.74. The quantitative estimate of drug-likeness (QED) is 0.446. The lowest BCUT2D eigenvalue weighted by Crippen LogP contribution is -2.47. The average molecular weight is 459 g/mol. The summed E-state index contributed by atoms with van der Waals surface area (Å²) in [5.74, 6) is 1.24. The van der Waals surface area contributed by atoms with Gasteiger partial charge in [-0.3, -0.25) is 10.00 Å². The molecule has 1 saturated heterocycles. The van der Waals surface area contributed by atoms with Crippen LogP contribution >= 0.6 is 23.8 Å². The van der Waals surface area contributed by atoms with Gasteiger partial charge < -0.3 is 9.64 Å². The molecule has 0 unspecified atom stereocenters. The van der Waals surface area contributed by atoms with Crippen LogP contribution in [-0.4, -0.2) is 63.4 Å².